The third kappa shape index (κ3) is 4.72. The zero-order chi connectivity index (χ0) is 21.0. The van der Waals surface area contributed by atoms with Crippen molar-refractivity contribution in [2.24, 2.45) is 7.05 Å². The summed E-state index contributed by atoms with van der Waals surface area (Å²) < 4.78 is 17.0. The summed E-state index contributed by atoms with van der Waals surface area (Å²) in [4.78, 5) is 49.6. The number of anilines is 1. The van der Waals surface area contributed by atoms with Crippen LogP contribution in [0.1, 0.15) is 33.6 Å². The first kappa shape index (κ1) is 20.3. The van der Waals surface area contributed by atoms with Gasteiger partial charge in [-0.2, -0.15) is 0 Å². The maximum absolute atomic E-state index is 12.2. The Morgan fingerprint density at radius 3 is 2.66 bits per heavy atom. The largest absolute Gasteiger partial charge is 0.491 e. The first-order chi connectivity index (χ1) is 13.9. The van der Waals surface area contributed by atoms with Gasteiger partial charge in [-0.05, 0) is 37.1 Å². The Morgan fingerprint density at radius 2 is 2.00 bits per heavy atom. The SMILES string of the molecule is Cn1c(N)c(C(=O)COC(=O)c2ccc(OC[C@H]3CCCO3)cc2)c(=O)[nH]c1=O. The van der Waals surface area contributed by atoms with Crippen LogP contribution in [-0.2, 0) is 16.5 Å². The van der Waals surface area contributed by atoms with Gasteiger partial charge in [-0.3, -0.25) is 19.1 Å². The number of nitrogens with zero attached hydrogens (tertiary/aromatic N) is 1. The molecule has 29 heavy (non-hydrogen) atoms. The number of aromatic amines is 1. The van der Waals surface area contributed by atoms with Gasteiger partial charge in [-0.1, -0.05) is 0 Å². The van der Waals surface area contributed by atoms with Crippen molar-refractivity contribution >= 4 is 17.6 Å². The van der Waals surface area contributed by atoms with E-state index in [1.807, 2.05) is 4.98 Å². The lowest BCUT2D eigenvalue weighted by atomic mass is 10.2. The van der Waals surface area contributed by atoms with Gasteiger partial charge in [0, 0.05) is 13.7 Å². The number of H-pyrrole nitrogens is 1. The predicted molar refractivity (Wildman–Crippen MR) is 102 cm³/mol. The molecule has 1 atom stereocenters. The van der Waals surface area contributed by atoms with Crippen LogP contribution in [0.15, 0.2) is 33.9 Å². The van der Waals surface area contributed by atoms with Crippen LogP contribution in [0.4, 0.5) is 5.82 Å². The van der Waals surface area contributed by atoms with E-state index in [0.29, 0.717) is 12.4 Å². The summed E-state index contributed by atoms with van der Waals surface area (Å²) in [5.41, 5.74) is 3.75. The first-order valence-electron chi connectivity index (χ1n) is 9.00. The maximum Gasteiger partial charge on any atom is 0.338 e. The highest BCUT2D eigenvalue weighted by molar-refractivity contribution is 6.02. The van der Waals surface area contributed by atoms with E-state index in [4.69, 9.17) is 19.9 Å². The molecule has 2 heterocycles. The van der Waals surface area contributed by atoms with E-state index in [1.165, 1.54) is 19.2 Å². The number of rotatable bonds is 7. The Bertz CT molecular complexity index is 1020. The van der Waals surface area contributed by atoms with Crippen LogP contribution in [0.5, 0.6) is 5.75 Å². The first-order valence-corrected chi connectivity index (χ1v) is 9.00. The highest BCUT2D eigenvalue weighted by atomic mass is 16.5. The van der Waals surface area contributed by atoms with E-state index in [9.17, 15) is 19.2 Å². The number of nitrogens with one attached hydrogen (secondary N) is 1. The number of carbonyl (C=O) groups is 2. The number of nitrogen functional groups attached to an aromatic ring is 1. The average molecular weight is 403 g/mol. The fourth-order valence-corrected chi connectivity index (χ4v) is 2.85. The van der Waals surface area contributed by atoms with Crippen LogP contribution in [0.3, 0.4) is 0 Å². The van der Waals surface area contributed by atoms with E-state index in [2.05, 4.69) is 0 Å². The molecule has 2 aromatic rings. The molecule has 0 spiro atoms. The molecular weight excluding hydrogens is 382 g/mol. The number of aromatic nitrogens is 2. The van der Waals surface area contributed by atoms with E-state index in [-0.39, 0.29) is 17.5 Å². The Morgan fingerprint density at radius 1 is 1.28 bits per heavy atom. The van der Waals surface area contributed by atoms with Gasteiger partial charge >= 0.3 is 11.7 Å². The van der Waals surface area contributed by atoms with Gasteiger partial charge in [-0.15, -0.1) is 0 Å². The van der Waals surface area contributed by atoms with Crippen molar-refractivity contribution in [2.75, 3.05) is 25.6 Å². The van der Waals surface area contributed by atoms with Gasteiger partial charge in [0.25, 0.3) is 5.56 Å². The number of hydrogen-bond acceptors (Lipinski definition) is 8. The molecule has 0 aliphatic carbocycles. The number of ether oxygens (including phenoxy) is 3. The highest BCUT2D eigenvalue weighted by Crippen LogP contribution is 2.17. The summed E-state index contributed by atoms with van der Waals surface area (Å²) in [6.07, 6.45) is 2.06. The fraction of sp³-hybridized carbons (Fsp3) is 0.368. The molecule has 0 bridgehead atoms. The second-order valence-electron chi connectivity index (χ2n) is 6.55. The van der Waals surface area contributed by atoms with Crippen molar-refractivity contribution in [2.45, 2.75) is 18.9 Å². The molecule has 10 heteroatoms. The van der Waals surface area contributed by atoms with Crippen LogP contribution >= 0.6 is 0 Å². The van der Waals surface area contributed by atoms with Crippen molar-refractivity contribution in [1.82, 2.24) is 9.55 Å². The van der Waals surface area contributed by atoms with Crippen molar-refractivity contribution in [1.29, 1.82) is 0 Å². The zero-order valence-corrected chi connectivity index (χ0v) is 15.8. The molecule has 1 aliphatic rings. The summed E-state index contributed by atoms with van der Waals surface area (Å²) in [6.45, 7) is 0.490. The molecule has 0 saturated carbocycles. The molecule has 0 unspecified atom stereocenters. The summed E-state index contributed by atoms with van der Waals surface area (Å²) in [5, 5.41) is 0. The van der Waals surface area contributed by atoms with Crippen LogP contribution in [0.25, 0.3) is 0 Å². The Balaban J connectivity index is 1.58. The summed E-state index contributed by atoms with van der Waals surface area (Å²) in [6, 6.07) is 6.24. The minimum Gasteiger partial charge on any atom is -0.491 e. The molecule has 1 aliphatic heterocycles. The summed E-state index contributed by atoms with van der Waals surface area (Å²) in [5.74, 6) is -1.28. The van der Waals surface area contributed by atoms with Crippen LogP contribution < -0.4 is 21.7 Å². The van der Waals surface area contributed by atoms with E-state index >= 15 is 0 Å². The molecule has 3 rings (SSSR count). The second kappa shape index (κ2) is 8.74. The van der Waals surface area contributed by atoms with Crippen LogP contribution in [-0.4, -0.2) is 47.2 Å². The van der Waals surface area contributed by atoms with E-state index in [0.717, 1.165) is 24.0 Å². The normalized spacial score (nSPS) is 15.8. The van der Waals surface area contributed by atoms with Gasteiger partial charge in [-0.25, -0.2) is 9.59 Å². The molecule has 1 aromatic carbocycles. The monoisotopic (exact) mass is 403 g/mol. The molecule has 3 N–H and O–H groups in total. The highest BCUT2D eigenvalue weighted by Gasteiger charge is 2.20. The molecule has 0 radical (unpaired) electrons. The van der Waals surface area contributed by atoms with E-state index in [1.54, 1.807) is 12.1 Å². The molecule has 1 aromatic heterocycles. The molecule has 1 saturated heterocycles. The third-order valence-corrected chi connectivity index (χ3v) is 4.53. The number of nitrogens with two attached hydrogens (primary N) is 1. The van der Waals surface area contributed by atoms with Gasteiger partial charge < -0.3 is 19.9 Å². The van der Waals surface area contributed by atoms with Crippen molar-refractivity contribution in [3.05, 3.63) is 56.2 Å². The van der Waals surface area contributed by atoms with Crippen molar-refractivity contribution < 1.29 is 23.8 Å². The number of hydrogen-bond donors (Lipinski definition) is 2. The lowest BCUT2D eigenvalue weighted by Crippen LogP contribution is -2.35. The number of Topliss-reactive ketones (excluding diaryl/α,β-unsaturated/α-hetero) is 1. The topological polar surface area (TPSA) is 143 Å². The molecule has 1 fully saturated rings. The van der Waals surface area contributed by atoms with Gasteiger partial charge in [0.05, 0.1) is 11.7 Å². The maximum atomic E-state index is 12.2. The van der Waals surface area contributed by atoms with Crippen LogP contribution in [0.2, 0.25) is 0 Å². The van der Waals surface area contributed by atoms with Gasteiger partial charge in [0.2, 0.25) is 5.78 Å². The quantitative estimate of drug-likeness (QED) is 0.495. The Hall–Kier alpha value is -3.40. The number of carbonyl (C=O) groups excluding carboxylic acids is 2. The fourth-order valence-electron chi connectivity index (χ4n) is 2.85. The minimum absolute atomic E-state index is 0.0821. The predicted octanol–water partition coefficient (Wildman–Crippen LogP) is 0.253. The molecule has 10 nitrogen and oxygen atoms in total. The molecule has 154 valence electrons. The standard InChI is InChI=1S/C19H21N3O7/c1-22-16(20)15(17(24)21-19(22)26)14(23)10-29-18(25)11-4-6-12(7-5-11)28-9-13-3-2-8-27-13/h4-7,13H,2-3,8-10,20H2,1H3,(H,21,24,26)/t13-/m1/s1. The number of benzene rings is 1. The lowest BCUT2D eigenvalue weighted by molar-refractivity contribution is 0.0474. The molecular formula is C19H21N3O7. The Labute approximate surface area is 165 Å². The van der Waals surface area contributed by atoms with E-state index < -0.39 is 35.2 Å². The summed E-state index contributed by atoms with van der Waals surface area (Å²) in [7, 11) is 1.30. The molecule has 0 amide bonds. The van der Waals surface area contributed by atoms with Gasteiger partial charge in [0.15, 0.2) is 6.61 Å². The Kier molecular flexibility index (Phi) is 6.13. The van der Waals surface area contributed by atoms with Crippen molar-refractivity contribution in [3.8, 4) is 5.75 Å². The second-order valence-corrected chi connectivity index (χ2v) is 6.55. The minimum atomic E-state index is -0.931. The van der Waals surface area contributed by atoms with Gasteiger partial charge in [0.1, 0.15) is 23.7 Å². The third-order valence-electron chi connectivity index (χ3n) is 4.53. The smallest absolute Gasteiger partial charge is 0.338 e. The lowest BCUT2D eigenvalue weighted by Gasteiger charge is -2.11. The summed E-state index contributed by atoms with van der Waals surface area (Å²) >= 11 is 0. The van der Waals surface area contributed by atoms with Crippen LogP contribution in [0, 0.1) is 0 Å². The zero-order valence-electron chi connectivity index (χ0n) is 15.8. The average Bonchev–Trinajstić information content (AvgIpc) is 3.23. The number of esters is 1. The van der Waals surface area contributed by atoms with Crippen molar-refractivity contribution in [3.63, 3.8) is 0 Å². The number of ketones is 1.